The van der Waals surface area contributed by atoms with Gasteiger partial charge in [0.25, 0.3) is 0 Å². The zero-order valence-electron chi connectivity index (χ0n) is 10.8. The SMILES string of the molecule is CC1=CC(C)[C-]=C1.CC1=[C-]CC(C)=C1.[Cl-].[Cl-].[Ti+4]. The Morgan fingerprint density at radius 1 is 1.18 bits per heavy atom. The molecule has 1 unspecified atom stereocenters. The molecule has 2 rings (SSSR count). The maximum Gasteiger partial charge on any atom is 4.00 e. The van der Waals surface area contributed by atoms with Gasteiger partial charge in [0, 0.05) is 0 Å². The minimum atomic E-state index is 0. The molecule has 0 N–H and O–H groups in total. The molecule has 0 aromatic heterocycles. The van der Waals surface area contributed by atoms with Crippen LogP contribution in [-0.4, -0.2) is 0 Å². The van der Waals surface area contributed by atoms with Crippen LogP contribution in [0.3, 0.4) is 0 Å². The summed E-state index contributed by atoms with van der Waals surface area (Å²) in [6.45, 7) is 8.43. The third kappa shape index (κ3) is 9.91. The number of hydrogen-bond acceptors (Lipinski definition) is 0. The minimum absolute atomic E-state index is 0. The van der Waals surface area contributed by atoms with E-state index in [-0.39, 0.29) is 46.5 Å². The summed E-state index contributed by atoms with van der Waals surface area (Å²) < 4.78 is 0. The van der Waals surface area contributed by atoms with Gasteiger partial charge in [-0.3, -0.25) is 12.2 Å². The molecule has 17 heavy (non-hydrogen) atoms. The Hall–Kier alpha value is 0.254. The van der Waals surface area contributed by atoms with Gasteiger partial charge in [0.2, 0.25) is 0 Å². The first-order chi connectivity index (χ1) is 6.58. The van der Waals surface area contributed by atoms with Gasteiger partial charge in [-0.2, -0.15) is 11.6 Å². The second-order valence-corrected chi connectivity index (χ2v) is 4.04. The van der Waals surface area contributed by atoms with Crippen LogP contribution in [0.25, 0.3) is 0 Å². The van der Waals surface area contributed by atoms with Crippen LogP contribution < -0.4 is 24.8 Å². The fraction of sp³-hybridized carbons (Fsp3) is 0.429. The molecule has 0 nitrogen and oxygen atoms in total. The van der Waals surface area contributed by atoms with Crippen molar-refractivity contribution in [3.8, 4) is 0 Å². The molecular weight excluding hydrogens is 287 g/mol. The van der Waals surface area contributed by atoms with Gasteiger partial charge in [0.05, 0.1) is 0 Å². The van der Waals surface area contributed by atoms with E-state index in [1.54, 1.807) is 0 Å². The van der Waals surface area contributed by atoms with Crippen LogP contribution in [-0.2, 0) is 21.7 Å². The number of allylic oxidation sites excluding steroid dienone is 8. The van der Waals surface area contributed by atoms with Crippen molar-refractivity contribution >= 4 is 0 Å². The van der Waals surface area contributed by atoms with Crippen molar-refractivity contribution in [3.05, 3.63) is 47.1 Å². The molecule has 0 aliphatic heterocycles. The van der Waals surface area contributed by atoms with E-state index in [4.69, 9.17) is 0 Å². The second kappa shape index (κ2) is 11.4. The average molecular weight is 305 g/mol. The molecule has 0 amide bonds. The molecule has 1 atom stereocenters. The maximum absolute atomic E-state index is 3.19. The van der Waals surface area contributed by atoms with E-state index in [9.17, 15) is 0 Å². The molecule has 0 heterocycles. The van der Waals surface area contributed by atoms with Crippen molar-refractivity contribution in [2.24, 2.45) is 5.92 Å². The topological polar surface area (TPSA) is 0 Å². The summed E-state index contributed by atoms with van der Waals surface area (Å²) in [5, 5.41) is 0. The van der Waals surface area contributed by atoms with Crippen molar-refractivity contribution in [2.45, 2.75) is 34.1 Å². The fourth-order valence-corrected chi connectivity index (χ4v) is 1.50. The first-order valence-corrected chi connectivity index (χ1v) is 5.10. The standard InChI is InChI=1S/2C7H9.2ClH.Ti/c2*1-6-3-4-7(2)5-6;;;/h5H,3H2,1-2H3;3,5,7H,1-2H3;2*1H;/q2*-1;;;+4/p-2. The van der Waals surface area contributed by atoms with Crippen LogP contribution >= 0.6 is 0 Å². The summed E-state index contributed by atoms with van der Waals surface area (Å²) in [6.07, 6.45) is 13.8. The van der Waals surface area contributed by atoms with Crippen molar-refractivity contribution in [3.63, 3.8) is 0 Å². The van der Waals surface area contributed by atoms with Crippen LogP contribution in [0, 0.1) is 18.1 Å². The van der Waals surface area contributed by atoms with Gasteiger partial charge >= 0.3 is 21.7 Å². The predicted molar refractivity (Wildman–Crippen MR) is 61.5 cm³/mol. The van der Waals surface area contributed by atoms with Crippen LogP contribution in [0.1, 0.15) is 34.1 Å². The summed E-state index contributed by atoms with van der Waals surface area (Å²) >= 11 is 0. The molecular formula is C14H18Cl2Ti. The van der Waals surface area contributed by atoms with E-state index in [0.29, 0.717) is 5.92 Å². The fourth-order valence-electron chi connectivity index (χ4n) is 1.50. The monoisotopic (exact) mass is 304 g/mol. The van der Waals surface area contributed by atoms with E-state index in [2.05, 4.69) is 52.0 Å². The Morgan fingerprint density at radius 3 is 1.88 bits per heavy atom. The van der Waals surface area contributed by atoms with Crippen LogP contribution in [0.2, 0.25) is 0 Å². The van der Waals surface area contributed by atoms with Crippen molar-refractivity contribution in [1.82, 2.24) is 0 Å². The molecule has 92 valence electrons. The largest absolute Gasteiger partial charge is 4.00 e. The molecule has 0 saturated heterocycles. The van der Waals surface area contributed by atoms with Crippen LogP contribution in [0.15, 0.2) is 34.9 Å². The molecule has 0 saturated carbocycles. The van der Waals surface area contributed by atoms with Gasteiger partial charge in [0.1, 0.15) is 0 Å². The Labute approximate surface area is 133 Å². The zero-order chi connectivity index (χ0) is 10.6. The molecule has 0 spiro atoms. The van der Waals surface area contributed by atoms with E-state index < -0.39 is 0 Å². The predicted octanol–water partition coefficient (Wildman–Crippen LogP) is -1.97. The van der Waals surface area contributed by atoms with Gasteiger partial charge < -0.3 is 24.8 Å². The summed E-state index contributed by atoms with van der Waals surface area (Å²) in [6, 6.07) is 0. The first kappa shape index (κ1) is 22.4. The quantitative estimate of drug-likeness (QED) is 0.360. The Kier molecular flexibility index (Phi) is 15.0. The number of halogens is 2. The molecule has 0 aromatic carbocycles. The smallest absolute Gasteiger partial charge is 1.00 e. The minimum Gasteiger partial charge on any atom is -1.00 e. The molecule has 2 aliphatic rings. The van der Waals surface area contributed by atoms with E-state index in [1.807, 2.05) is 6.08 Å². The second-order valence-electron chi connectivity index (χ2n) is 4.04. The van der Waals surface area contributed by atoms with Gasteiger partial charge in [-0.25, -0.2) is 23.3 Å². The molecule has 0 aromatic rings. The Bertz CT molecular complexity index is 325. The summed E-state index contributed by atoms with van der Waals surface area (Å²) in [5.41, 5.74) is 4.06. The van der Waals surface area contributed by atoms with Crippen LogP contribution in [0.4, 0.5) is 0 Å². The number of rotatable bonds is 0. The summed E-state index contributed by atoms with van der Waals surface area (Å²) in [4.78, 5) is 0. The van der Waals surface area contributed by atoms with Gasteiger partial charge in [-0.1, -0.05) is 26.7 Å². The maximum atomic E-state index is 3.19. The Morgan fingerprint density at radius 2 is 1.76 bits per heavy atom. The number of hydrogen-bond donors (Lipinski definition) is 0. The molecule has 3 heteroatoms. The van der Waals surface area contributed by atoms with Gasteiger partial charge in [-0.15, -0.1) is 13.3 Å². The zero-order valence-corrected chi connectivity index (χ0v) is 13.8. The Balaban J connectivity index is -0.000000196. The molecule has 2 aliphatic carbocycles. The molecule has 0 radical (unpaired) electrons. The molecule has 0 fully saturated rings. The van der Waals surface area contributed by atoms with E-state index in [0.717, 1.165) is 6.42 Å². The normalized spacial score (nSPS) is 19.5. The van der Waals surface area contributed by atoms with Crippen LogP contribution in [0.5, 0.6) is 0 Å². The van der Waals surface area contributed by atoms with E-state index in [1.165, 1.54) is 16.7 Å². The van der Waals surface area contributed by atoms with Gasteiger partial charge in [0.15, 0.2) is 0 Å². The van der Waals surface area contributed by atoms with Crippen molar-refractivity contribution in [2.75, 3.05) is 0 Å². The van der Waals surface area contributed by atoms with E-state index >= 15 is 0 Å². The van der Waals surface area contributed by atoms with Crippen molar-refractivity contribution in [1.29, 1.82) is 0 Å². The summed E-state index contributed by atoms with van der Waals surface area (Å²) in [7, 11) is 0. The summed E-state index contributed by atoms with van der Waals surface area (Å²) in [5.74, 6) is 0.556. The molecule has 0 bridgehead atoms. The van der Waals surface area contributed by atoms with Gasteiger partial charge in [-0.05, 0) is 0 Å². The average Bonchev–Trinajstić information content (AvgIpc) is 2.63. The third-order valence-electron chi connectivity index (χ3n) is 2.20. The first-order valence-electron chi connectivity index (χ1n) is 5.10. The third-order valence-corrected chi connectivity index (χ3v) is 2.20. The van der Waals surface area contributed by atoms with Crippen molar-refractivity contribution < 1.29 is 46.5 Å².